The molecule has 39 heavy (non-hydrogen) atoms. The Bertz CT molecular complexity index is 1370. The molecule has 3 aromatic carbocycles. The summed E-state index contributed by atoms with van der Waals surface area (Å²) in [5.74, 6) is -1.43. The van der Waals surface area contributed by atoms with Crippen molar-refractivity contribution >= 4 is 39.1 Å². The highest BCUT2D eigenvalue weighted by atomic mass is 35.5. The van der Waals surface area contributed by atoms with Crippen molar-refractivity contribution in [2.75, 3.05) is 23.7 Å². The van der Waals surface area contributed by atoms with Gasteiger partial charge in [0.25, 0.3) is 0 Å². The summed E-state index contributed by atoms with van der Waals surface area (Å²) in [6, 6.07) is 20.2. The summed E-state index contributed by atoms with van der Waals surface area (Å²) in [5.41, 5.74) is 1.24. The van der Waals surface area contributed by atoms with Crippen molar-refractivity contribution in [3.8, 4) is 0 Å². The molecule has 208 valence electrons. The average Bonchev–Trinajstić information content (AvgIpc) is 2.89. The van der Waals surface area contributed by atoms with Crippen molar-refractivity contribution in [2.45, 2.75) is 32.9 Å². The zero-order chi connectivity index (χ0) is 28.6. The second kappa shape index (κ2) is 13.6. The molecule has 1 atom stereocenters. The Labute approximate surface area is 234 Å². The number of nitrogens with zero attached hydrogens (tertiary/aromatic N) is 2. The molecule has 0 aliphatic heterocycles. The van der Waals surface area contributed by atoms with Gasteiger partial charge in [-0.25, -0.2) is 12.8 Å². The summed E-state index contributed by atoms with van der Waals surface area (Å²) in [7, 11) is -3.90. The maximum absolute atomic E-state index is 14.8. The molecule has 0 saturated heterocycles. The van der Waals surface area contributed by atoms with Crippen molar-refractivity contribution in [1.29, 1.82) is 0 Å². The summed E-state index contributed by atoms with van der Waals surface area (Å²) in [4.78, 5) is 28.7. The minimum absolute atomic E-state index is 0.158. The first kappa shape index (κ1) is 30.1. The van der Waals surface area contributed by atoms with Crippen molar-refractivity contribution in [3.05, 3.63) is 101 Å². The summed E-state index contributed by atoms with van der Waals surface area (Å²) in [6.07, 6.45) is 1.15. The van der Waals surface area contributed by atoms with E-state index < -0.39 is 40.2 Å². The van der Waals surface area contributed by atoms with Crippen molar-refractivity contribution in [2.24, 2.45) is 5.92 Å². The van der Waals surface area contributed by atoms with E-state index in [0.29, 0.717) is 11.6 Å². The third-order valence-corrected chi connectivity index (χ3v) is 7.44. The van der Waals surface area contributed by atoms with Gasteiger partial charge >= 0.3 is 0 Å². The molecule has 0 aromatic heterocycles. The zero-order valence-corrected chi connectivity index (χ0v) is 23.8. The van der Waals surface area contributed by atoms with Crippen molar-refractivity contribution in [3.63, 3.8) is 0 Å². The first-order valence-electron chi connectivity index (χ1n) is 12.5. The number of hydrogen-bond donors (Lipinski definition) is 1. The summed E-state index contributed by atoms with van der Waals surface area (Å²) < 4.78 is 41.2. The second-order valence-corrected chi connectivity index (χ2v) is 12.0. The number of hydrogen-bond acceptors (Lipinski definition) is 4. The van der Waals surface area contributed by atoms with E-state index in [1.807, 2.05) is 44.2 Å². The molecule has 10 heteroatoms. The van der Waals surface area contributed by atoms with E-state index in [9.17, 15) is 22.4 Å². The number of halogens is 2. The molecule has 3 aromatic rings. The molecule has 3 rings (SSSR count). The van der Waals surface area contributed by atoms with Crippen LogP contribution in [0.1, 0.15) is 25.0 Å². The molecule has 0 heterocycles. The molecule has 0 fully saturated rings. The molecule has 0 spiro atoms. The molecule has 1 unspecified atom stereocenters. The molecule has 0 bridgehead atoms. The van der Waals surface area contributed by atoms with Crippen LogP contribution in [0.3, 0.4) is 0 Å². The summed E-state index contributed by atoms with van der Waals surface area (Å²) in [5, 5.41) is 3.29. The Morgan fingerprint density at radius 3 is 2.15 bits per heavy atom. The first-order valence-corrected chi connectivity index (χ1v) is 14.8. The predicted molar refractivity (Wildman–Crippen MR) is 152 cm³/mol. The van der Waals surface area contributed by atoms with E-state index >= 15 is 0 Å². The quantitative estimate of drug-likeness (QED) is 0.341. The van der Waals surface area contributed by atoms with Gasteiger partial charge in [-0.2, -0.15) is 0 Å². The minimum Gasteiger partial charge on any atom is -0.354 e. The Hall–Kier alpha value is -3.43. The highest BCUT2D eigenvalue weighted by molar-refractivity contribution is 7.92. The standard InChI is InChI=1S/C29H33ClFN3O4S/c1-21(2)18-32-29(36)27(17-22-9-5-4-6-10-22)33(19-23-11-7-8-12-26(23)31)28(35)20-34(39(3,37)38)25-15-13-24(30)14-16-25/h4-16,21,27H,17-20H2,1-3H3,(H,32,36). The van der Waals surface area contributed by atoms with Crippen LogP contribution >= 0.6 is 11.6 Å². The first-order chi connectivity index (χ1) is 18.5. The SMILES string of the molecule is CC(C)CNC(=O)C(Cc1ccccc1)N(Cc1ccccc1F)C(=O)CN(c1ccc(Cl)cc1)S(C)(=O)=O. The van der Waals surface area contributed by atoms with Crippen LogP contribution < -0.4 is 9.62 Å². The van der Waals surface area contributed by atoms with Gasteiger partial charge in [0.1, 0.15) is 18.4 Å². The maximum atomic E-state index is 14.8. The van der Waals surface area contributed by atoms with E-state index in [1.54, 1.807) is 6.07 Å². The van der Waals surface area contributed by atoms with Crippen LogP contribution in [-0.4, -0.2) is 50.5 Å². The Morgan fingerprint density at radius 2 is 1.56 bits per heavy atom. The van der Waals surface area contributed by atoms with Gasteiger partial charge in [-0.3, -0.25) is 13.9 Å². The summed E-state index contributed by atoms with van der Waals surface area (Å²) in [6.45, 7) is 3.47. The van der Waals surface area contributed by atoms with Crippen LogP contribution in [0.4, 0.5) is 10.1 Å². The molecule has 1 N–H and O–H groups in total. The maximum Gasteiger partial charge on any atom is 0.244 e. The largest absolute Gasteiger partial charge is 0.354 e. The highest BCUT2D eigenvalue weighted by Crippen LogP contribution is 2.22. The topological polar surface area (TPSA) is 86.8 Å². The Balaban J connectivity index is 2.05. The number of nitrogens with one attached hydrogen (secondary N) is 1. The number of amides is 2. The Kier molecular flexibility index (Phi) is 10.5. The van der Waals surface area contributed by atoms with E-state index in [1.165, 1.54) is 47.4 Å². The normalized spacial score (nSPS) is 12.2. The second-order valence-electron chi connectivity index (χ2n) is 9.70. The predicted octanol–water partition coefficient (Wildman–Crippen LogP) is 4.66. The molecule has 0 aliphatic rings. The van der Waals surface area contributed by atoms with Crippen LogP contribution in [0.5, 0.6) is 0 Å². The number of anilines is 1. The lowest BCUT2D eigenvalue weighted by atomic mass is 10.0. The van der Waals surface area contributed by atoms with Gasteiger partial charge in [0.2, 0.25) is 21.8 Å². The van der Waals surface area contributed by atoms with Crippen molar-refractivity contribution in [1.82, 2.24) is 10.2 Å². The van der Waals surface area contributed by atoms with Gasteiger partial charge in [-0.15, -0.1) is 0 Å². The lowest BCUT2D eigenvalue weighted by Gasteiger charge is -2.33. The average molecular weight is 574 g/mol. The molecule has 2 amide bonds. The van der Waals surface area contributed by atoms with E-state index in [0.717, 1.165) is 16.1 Å². The number of carbonyl (C=O) groups excluding carboxylic acids is 2. The third-order valence-electron chi connectivity index (χ3n) is 6.05. The molecule has 7 nitrogen and oxygen atoms in total. The fourth-order valence-electron chi connectivity index (χ4n) is 4.01. The smallest absolute Gasteiger partial charge is 0.244 e. The van der Waals surface area contributed by atoms with Gasteiger partial charge in [0.15, 0.2) is 0 Å². The van der Waals surface area contributed by atoms with Gasteiger partial charge in [0.05, 0.1) is 11.9 Å². The zero-order valence-electron chi connectivity index (χ0n) is 22.2. The number of sulfonamides is 1. The van der Waals surface area contributed by atoms with Crippen LogP contribution in [-0.2, 0) is 32.6 Å². The molecular weight excluding hydrogens is 541 g/mol. The fraction of sp³-hybridized carbons (Fsp3) is 0.310. The number of benzene rings is 3. The fourth-order valence-corrected chi connectivity index (χ4v) is 4.98. The van der Waals surface area contributed by atoms with Crippen LogP contribution in [0.2, 0.25) is 5.02 Å². The lowest BCUT2D eigenvalue weighted by Crippen LogP contribution is -2.53. The lowest BCUT2D eigenvalue weighted by molar-refractivity contribution is -0.140. The Morgan fingerprint density at radius 1 is 0.949 bits per heavy atom. The van der Waals surface area contributed by atoms with Crippen LogP contribution in [0.15, 0.2) is 78.9 Å². The van der Waals surface area contributed by atoms with Crippen LogP contribution in [0.25, 0.3) is 0 Å². The molecular formula is C29H33ClFN3O4S. The van der Waals surface area contributed by atoms with Crippen LogP contribution in [0, 0.1) is 11.7 Å². The van der Waals surface area contributed by atoms with Crippen molar-refractivity contribution < 1.29 is 22.4 Å². The third kappa shape index (κ3) is 8.80. The number of carbonyl (C=O) groups is 2. The minimum atomic E-state index is -3.90. The van der Waals surface area contributed by atoms with Gasteiger partial charge in [0, 0.05) is 30.1 Å². The van der Waals surface area contributed by atoms with E-state index in [-0.39, 0.29) is 30.1 Å². The van der Waals surface area contributed by atoms with Gasteiger partial charge < -0.3 is 10.2 Å². The highest BCUT2D eigenvalue weighted by Gasteiger charge is 2.33. The number of rotatable bonds is 12. The monoisotopic (exact) mass is 573 g/mol. The molecule has 0 aliphatic carbocycles. The molecule has 0 radical (unpaired) electrons. The van der Waals surface area contributed by atoms with Gasteiger partial charge in [-0.1, -0.05) is 74.0 Å². The molecule has 0 saturated carbocycles. The van der Waals surface area contributed by atoms with E-state index in [4.69, 9.17) is 11.6 Å². The van der Waals surface area contributed by atoms with Gasteiger partial charge in [-0.05, 0) is 41.8 Å². The summed E-state index contributed by atoms with van der Waals surface area (Å²) >= 11 is 5.97. The van der Waals surface area contributed by atoms with E-state index in [2.05, 4.69) is 5.32 Å².